The fourth-order valence-electron chi connectivity index (χ4n) is 2.36. The predicted molar refractivity (Wildman–Crippen MR) is 102 cm³/mol. The summed E-state index contributed by atoms with van der Waals surface area (Å²) in [6.45, 7) is 3.92. The molecule has 0 saturated carbocycles. The number of hydrogen-bond acceptors (Lipinski definition) is 4. The lowest BCUT2D eigenvalue weighted by molar-refractivity contribution is -0.117. The topological polar surface area (TPSA) is 80.6 Å². The molecule has 0 unspecified atom stereocenters. The molecule has 128 valence electrons. The molecule has 0 atom stereocenters. The van der Waals surface area contributed by atoms with Gasteiger partial charge in [0.15, 0.2) is 0 Å². The standard InChI is InChI=1S/C19H19N3O2S/c1-12-3-6-16(7-4-12)25-11-18(23)22-19(20)21-15-5-8-17-14(10-15)9-13(2)24-17/h3-10H,11H2,1-2H3,(H3,20,21,22,23). The summed E-state index contributed by atoms with van der Waals surface area (Å²) in [5, 5.41) is 3.56. The first-order valence-corrected chi connectivity index (χ1v) is 8.82. The van der Waals surface area contributed by atoms with Gasteiger partial charge in [-0.25, -0.2) is 4.99 Å². The zero-order valence-corrected chi connectivity index (χ0v) is 14.9. The Bertz CT molecular complexity index is 929. The quantitative estimate of drug-likeness (QED) is 0.423. The summed E-state index contributed by atoms with van der Waals surface area (Å²) < 4.78 is 5.52. The molecule has 3 aromatic rings. The predicted octanol–water partition coefficient (Wildman–Crippen LogP) is 3.90. The number of rotatable bonds is 4. The highest BCUT2D eigenvalue weighted by atomic mass is 32.2. The van der Waals surface area contributed by atoms with Crippen molar-refractivity contribution in [1.29, 1.82) is 0 Å². The van der Waals surface area contributed by atoms with Gasteiger partial charge in [-0.05, 0) is 50.2 Å². The van der Waals surface area contributed by atoms with Gasteiger partial charge in [-0.2, -0.15) is 0 Å². The molecule has 0 fully saturated rings. The van der Waals surface area contributed by atoms with Crippen LogP contribution in [0.1, 0.15) is 11.3 Å². The first-order valence-electron chi connectivity index (χ1n) is 7.83. The number of hydrogen-bond donors (Lipinski definition) is 2. The number of guanidine groups is 1. The number of nitrogens with zero attached hydrogens (tertiary/aromatic N) is 1. The lowest BCUT2D eigenvalue weighted by Crippen LogP contribution is -2.37. The fraction of sp³-hybridized carbons (Fsp3) is 0.158. The highest BCUT2D eigenvalue weighted by Gasteiger charge is 2.06. The van der Waals surface area contributed by atoms with Crippen LogP contribution in [-0.2, 0) is 4.79 Å². The third-order valence-electron chi connectivity index (χ3n) is 3.53. The Kier molecular flexibility index (Phi) is 5.09. The van der Waals surface area contributed by atoms with Crippen LogP contribution in [0.5, 0.6) is 0 Å². The van der Waals surface area contributed by atoms with Crippen LogP contribution in [0.3, 0.4) is 0 Å². The molecule has 2 aromatic carbocycles. The number of nitrogens with one attached hydrogen (secondary N) is 1. The number of benzene rings is 2. The molecule has 25 heavy (non-hydrogen) atoms. The van der Waals surface area contributed by atoms with E-state index >= 15 is 0 Å². The Morgan fingerprint density at radius 2 is 1.92 bits per heavy atom. The first kappa shape index (κ1) is 17.1. The molecule has 1 aromatic heterocycles. The zero-order valence-electron chi connectivity index (χ0n) is 14.1. The van der Waals surface area contributed by atoms with E-state index in [1.54, 1.807) is 6.07 Å². The van der Waals surface area contributed by atoms with Crippen LogP contribution in [0, 0.1) is 13.8 Å². The number of thioether (sulfide) groups is 1. The van der Waals surface area contributed by atoms with Gasteiger partial charge in [0, 0.05) is 10.3 Å². The van der Waals surface area contributed by atoms with Gasteiger partial charge in [0.1, 0.15) is 11.3 Å². The molecule has 3 rings (SSSR count). The van der Waals surface area contributed by atoms with Gasteiger partial charge in [-0.1, -0.05) is 17.7 Å². The van der Waals surface area contributed by atoms with E-state index in [4.69, 9.17) is 10.2 Å². The molecule has 6 heteroatoms. The Morgan fingerprint density at radius 1 is 1.16 bits per heavy atom. The highest BCUT2D eigenvalue weighted by Crippen LogP contribution is 2.24. The lowest BCUT2D eigenvalue weighted by atomic mass is 10.2. The number of fused-ring (bicyclic) bond motifs is 1. The summed E-state index contributed by atoms with van der Waals surface area (Å²) in [4.78, 5) is 17.3. The highest BCUT2D eigenvalue weighted by molar-refractivity contribution is 8.00. The van der Waals surface area contributed by atoms with Crippen LogP contribution < -0.4 is 11.1 Å². The number of furan rings is 1. The molecule has 3 N–H and O–H groups in total. The normalized spacial score (nSPS) is 11.7. The Hall–Kier alpha value is -2.73. The third kappa shape index (κ3) is 4.64. The van der Waals surface area contributed by atoms with Crippen molar-refractivity contribution < 1.29 is 9.21 Å². The molecule has 0 spiro atoms. The largest absolute Gasteiger partial charge is 0.461 e. The van der Waals surface area contributed by atoms with E-state index in [0.29, 0.717) is 5.69 Å². The van der Waals surface area contributed by atoms with Crippen molar-refractivity contribution in [2.75, 3.05) is 5.75 Å². The van der Waals surface area contributed by atoms with E-state index in [2.05, 4.69) is 10.3 Å². The van der Waals surface area contributed by atoms with Crippen molar-refractivity contribution in [1.82, 2.24) is 5.32 Å². The van der Waals surface area contributed by atoms with Gasteiger partial charge in [0.05, 0.1) is 11.4 Å². The Morgan fingerprint density at radius 3 is 2.68 bits per heavy atom. The summed E-state index contributed by atoms with van der Waals surface area (Å²) in [5.41, 5.74) is 8.48. The van der Waals surface area contributed by atoms with Crippen molar-refractivity contribution in [2.45, 2.75) is 18.7 Å². The van der Waals surface area contributed by atoms with E-state index in [1.165, 1.54) is 17.3 Å². The number of carbonyl (C=O) groups is 1. The average molecular weight is 353 g/mol. The number of aryl methyl sites for hydroxylation is 2. The molecule has 0 aliphatic rings. The number of carbonyl (C=O) groups excluding carboxylic acids is 1. The van der Waals surface area contributed by atoms with Crippen LogP contribution in [-0.4, -0.2) is 17.6 Å². The molecule has 0 radical (unpaired) electrons. The number of amides is 1. The number of aliphatic imine (C=N–C) groups is 1. The maximum Gasteiger partial charge on any atom is 0.237 e. The molecule has 1 amide bonds. The van der Waals surface area contributed by atoms with Crippen LogP contribution in [0.2, 0.25) is 0 Å². The molecule has 1 heterocycles. The Balaban J connectivity index is 1.59. The number of nitrogens with two attached hydrogens (primary N) is 1. The van der Waals surface area contributed by atoms with Crippen molar-refractivity contribution >= 4 is 40.3 Å². The molecule has 0 aliphatic carbocycles. The van der Waals surface area contributed by atoms with Crippen molar-refractivity contribution in [2.24, 2.45) is 10.7 Å². The Labute approximate surface area is 150 Å². The monoisotopic (exact) mass is 353 g/mol. The fourth-order valence-corrected chi connectivity index (χ4v) is 3.06. The van der Waals surface area contributed by atoms with Gasteiger partial charge < -0.3 is 10.2 Å². The molecule has 5 nitrogen and oxygen atoms in total. The van der Waals surface area contributed by atoms with Crippen LogP contribution in [0.4, 0.5) is 5.69 Å². The van der Waals surface area contributed by atoms with Crippen molar-refractivity contribution in [3.63, 3.8) is 0 Å². The SMILES string of the molecule is Cc1ccc(SCC(=O)NC(N)=Nc2ccc3oc(C)cc3c2)cc1. The second kappa shape index (κ2) is 7.44. The summed E-state index contributed by atoms with van der Waals surface area (Å²) in [6.07, 6.45) is 0. The maximum absolute atomic E-state index is 12.0. The smallest absolute Gasteiger partial charge is 0.237 e. The molecular formula is C19H19N3O2S. The van der Waals surface area contributed by atoms with Crippen molar-refractivity contribution in [3.8, 4) is 0 Å². The van der Waals surface area contributed by atoms with Gasteiger partial charge in [0.2, 0.25) is 11.9 Å². The van der Waals surface area contributed by atoms with Gasteiger partial charge in [-0.15, -0.1) is 11.8 Å². The minimum absolute atomic E-state index is 0.0778. The second-order valence-electron chi connectivity index (χ2n) is 5.73. The van der Waals surface area contributed by atoms with E-state index < -0.39 is 0 Å². The van der Waals surface area contributed by atoms with E-state index in [-0.39, 0.29) is 17.6 Å². The first-order chi connectivity index (χ1) is 12.0. The third-order valence-corrected chi connectivity index (χ3v) is 4.54. The lowest BCUT2D eigenvalue weighted by Gasteiger charge is -2.05. The van der Waals surface area contributed by atoms with Gasteiger partial charge in [-0.3, -0.25) is 10.1 Å². The molecule has 0 saturated heterocycles. The van der Waals surface area contributed by atoms with Gasteiger partial charge >= 0.3 is 0 Å². The zero-order chi connectivity index (χ0) is 17.8. The summed E-state index contributed by atoms with van der Waals surface area (Å²) in [6, 6.07) is 15.5. The minimum atomic E-state index is -0.188. The van der Waals surface area contributed by atoms with E-state index in [0.717, 1.165) is 21.6 Å². The van der Waals surface area contributed by atoms with Crippen LogP contribution in [0.15, 0.2) is 62.8 Å². The summed E-state index contributed by atoms with van der Waals surface area (Å²) in [5.74, 6) is 1.01. The van der Waals surface area contributed by atoms with E-state index in [9.17, 15) is 4.79 Å². The van der Waals surface area contributed by atoms with Crippen LogP contribution in [0.25, 0.3) is 11.0 Å². The molecular weight excluding hydrogens is 334 g/mol. The summed E-state index contributed by atoms with van der Waals surface area (Å²) >= 11 is 1.46. The average Bonchev–Trinajstić information content (AvgIpc) is 2.93. The second-order valence-corrected chi connectivity index (χ2v) is 6.77. The molecule has 0 aliphatic heterocycles. The van der Waals surface area contributed by atoms with Gasteiger partial charge in [0.25, 0.3) is 0 Å². The van der Waals surface area contributed by atoms with Crippen molar-refractivity contribution in [3.05, 3.63) is 59.9 Å². The maximum atomic E-state index is 12.0. The minimum Gasteiger partial charge on any atom is -0.461 e. The van der Waals surface area contributed by atoms with E-state index in [1.807, 2.05) is 56.3 Å². The molecule has 0 bridgehead atoms. The van der Waals surface area contributed by atoms with Crippen LogP contribution >= 0.6 is 11.8 Å². The summed E-state index contributed by atoms with van der Waals surface area (Å²) in [7, 11) is 0.